The standard InChI is InChI=1S/C35H47NO2/c1-3-38-35(37)28-34(27-19-8-6-4-5-7-12-20-31-21-13-9-14-22-31)36(29-32-23-15-10-16-24-32)30(2)33-25-17-11-18-26-33/h9-11,13-18,21-26,30,34H,3-8,12,19-20,27-29H2,1-2H3/t30-,34-/m0/s1. The van der Waals surface area contributed by atoms with Gasteiger partial charge in [0, 0.05) is 18.6 Å². The average Bonchev–Trinajstić information content (AvgIpc) is 2.96. The van der Waals surface area contributed by atoms with E-state index in [0.29, 0.717) is 13.0 Å². The number of carbonyl (C=O) groups is 1. The third-order valence-corrected chi connectivity index (χ3v) is 7.51. The molecule has 0 aliphatic heterocycles. The number of ether oxygens (including phenoxy) is 1. The van der Waals surface area contributed by atoms with E-state index in [-0.39, 0.29) is 18.1 Å². The smallest absolute Gasteiger partial charge is 0.307 e. The molecular formula is C35H47NO2. The van der Waals surface area contributed by atoms with Gasteiger partial charge in [0.05, 0.1) is 13.0 Å². The molecule has 38 heavy (non-hydrogen) atoms. The van der Waals surface area contributed by atoms with Crippen molar-refractivity contribution in [3.8, 4) is 0 Å². The highest BCUT2D eigenvalue weighted by Gasteiger charge is 2.27. The highest BCUT2D eigenvalue weighted by molar-refractivity contribution is 5.70. The van der Waals surface area contributed by atoms with Gasteiger partial charge in [-0.15, -0.1) is 0 Å². The quantitative estimate of drug-likeness (QED) is 0.126. The minimum Gasteiger partial charge on any atom is -0.466 e. The van der Waals surface area contributed by atoms with E-state index >= 15 is 0 Å². The second-order valence-corrected chi connectivity index (χ2v) is 10.4. The predicted molar refractivity (Wildman–Crippen MR) is 159 cm³/mol. The molecule has 0 saturated heterocycles. The summed E-state index contributed by atoms with van der Waals surface area (Å²) in [6, 6.07) is 32.5. The van der Waals surface area contributed by atoms with E-state index in [1.54, 1.807) is 0 Å². The molecule has 0 amide bonds. The van der Waals surface area contributed by atoms with E-state index in [4.69, 9.17) is 4.74 Å². The van der Waals surface area contributed by atoms with E-state index in [1.165, 1.54) is 61.6 Å². The molecule has 0 heterocycles. The molecule has 3 aromatic carbocycles. The van der Waals surface area contributed by atoms with Crippen molar-refractivity contribution in [2.24, 2.45) is 0 Å². The molecule has 0 aromatic heterocycles. The highest BCUT2D eigenvalue weighted by atomic mass is 16.5. The maximum Gasteiger partial charge on any atom is 0.307 e. The number of aryl methyl sites for hydroxylation is 1. The van der Waals surface area contributed by atoms with Crippen LogP contribution in [0.3, 0.4) is 0 Å². The van der Waals surface area contributed by atoms with Gasteiger partial charge in [0.25, 0.3) is 0 Å². The van der Waals surface area contributed by atoms with Crippen molar-refractivity contribution in [2.45, 2.75) is 96.7 Å². The Labute approximate surface area is 231 Å². The van der Waals surface area contributed by atoms with Crippen LogP contribution >= 0.6 is 0 Å². The van der Waals surface area contributed by atoms with Crippen LogP contribution in [-0.2, 0) is 22.5 Å². The normalized spacial score (nSPS) is 12.8. The molecule has 0 unspecified atom stereocenters. The van der Waals surface area contributed by atoms with Crippen molar-refractivity contribution in [3.05, 3.63) is 108 Å². The van der Waals surface area contributed by atoms with Crippen molar-refractivity contribution < 1.29 is 9.53 Å². The lowest BCUT2D eigenvalue weighted by molar-refractivity contribution is -0.145. The van der Waals surface area contributed by atoms with Crippen LogP contribution in [-0.4, -0.2) is 23.5 Å². The number of carbonyl (C=O) groups excluding carboxylic acids is 1. The number of rotatable bonds is 18. The van der Waals surface area contributed by atoms with Crippen molar-refractivity contribution in [2.75, 3.05) is 6.61 Å². The fraction of sp³-hybridized carbons (Fsp3) is 0.457. The molecule has 0 radical (unpaired) electrons. The molecule has 2 atom stereocenters. The largest absolute Gasteiger partial charge is 0.466 e. The molecule has 0 aliphatic carbocycles. The van der Waals surface area contributed by atoms with E-state index in [1.807, 2.05) is 6.92 Å². The Morgan fingerprint density at radius 1 is 0.711 bits per heavy atom. The highest BCUT2D eigenvalue weighted by Crippen LogP contribution is 2.29. The summed E-state index contributed by atoms with van der Waals surface area (Å²) in [5.41, 5.74) is 4.01. The number of unbranched alkanes of at least 4 members (excludes halogenated alkanes) is 6. The maximum atomic E-state index is 12.7. The third-order valence-electron chi connectivity index (χ3n) is 7.51. The summed E-state index contributed by atoms with van der Waals surface area (Å²) in [5, 5.41) is 0. The molecule has 0 N–H and O–H groups in total. The predicted octanol–water partition coefficient (Wildman–Crippen LogP) is 8.94. The topological polar surface area (TPSA) is 29.5 Å². The average molecular weight is 514 g/mol. The van der Waals surface area contributed by atoms with E-state index in [0.717, 1.165) is 19.4 Å². The van der Waals surface area contributed by atoms with Gasteiger partial charge in [-0.05, 0) is 49.8 Å². The first kappa shape index (κ1) is 29.6. The lowest BCUT2D eigenvalue weighted by Gasteiger charge is -2.37. The number of benzene rings is 3. The van der Waals surface area contributed by atoms with Gasteiger partial charge in [0.1, 0.15) is 0 Å². The van der Waals surface area contributed by atoms with Crippen LogP contribution < -0.4 is 0 Å². The van der Waals surface area contributed by atoms with Crippen molar-refractivity contribution >= 4 is 5.97 Å². The zero-order valence-electron chi connectivity index (χ0n) is 23.6. The Morgan fingerprint density at radius 3 is 1.84 bits per heavy atom. The molecule has 3 heteroatoms. The number of esters is 1. The Hall–Kier alpha value is -2.91. The molecule has 0 fully saturated rings. The Balaban J connectivity index is 1.54. The van der Waals surface area contributed by atoms with Crippen LogP contribution in [0.15, 0.2) is 91.0 Å². The molecule has 3 aromatic rings. The second kappa shape index (κ2) is 17.6. The molecule has 0 bridgehead atoms. The van der Waals surface area contributed by atoms with Crippen LogP contribution in [0.4, 0.5) is 0 Å². The number of hydrogen-bond donors (Lipinski definition) is 0. The van der Waals surface area contributed by atoms with E-state index < -0.39 is 0 Å². The number of nitrogens with zero attached hydrogens (tertiary/aromatic N) is 1. The summed E-state index contributed by atoms with van der Waals surface area (Å²) in [6.45, 7) is 5.41. The summed E-state index contributed by atoms with van der Waals surface area (Å²) in [5.74, 6) is -0.0887. The van der Waals surface area contributed by atoms with Gasteiger partial charge >= 0.3 is 5.97 Å². The molecule has 3 nitrogen and oxygen atoms in total. The van der Waals surface area contributed by atoms with E-state index in [2.05, 4.69) is 103 Å². The summed E-state index contributed by atoms with van der Waals surface area (Å²) < 4.78 is 5.41. The molecular weight excluding hydrogens is 466 g/mol. The van der Waals surface area contributed by atoms with Gasteiger partial charge in [0.15, 0.2) is 0 Å². The first-order valence-corrected chi connectivity index (χ1v) is 14.7. The fourth-order valence-corrected chi connectivity index (χ4v) is 5.33. The van der Waals surface area contributed by atoms with Gasteiger partial charge in [-0.25, -0.2) is 0 Å². The molecule has 0 saturated carbocycles. The Kier molecular flexibility index (Phi) is 13.7. The molecule has 0 aliphatic rings. The maximum absolute atomic E-state index is 12.7. The second-order valence-electron chi connectivity index (χ2n) is 10.4. The van der Waals surface area contributed by atoms with Crippen LogP contribution in [0, 0.1) is 0 Å². The Bertz CT molecular complexity index is 1010. The van der Waals surface area contributed by atoms with Gasteiger partial charge in [-0.2, -0.15) is 0 Å². The fourth-order valence-electron chi connectivity index (χ4n) is 5.33. The summed E-state index contributed by atoms with van der Waals surface area (Å²) in [7, 11) is 0. The lowest BCUT2D eigenvalue weighted by Crippen LogP contribution is -2.39. The monoisotopic (exact) mass is 513 g/mol. The molecule has 0 spiro atoms. The van der Waals surface area contributed by atoms with Gasteiger partial charge in [-0.1, -0.05) is 130 Å². The third kappa shape index (κ3) is 10.8. The zero-order valence-corrected chi connectivity index (χ0v) is 23.6. The van der Waals surface area contributed by atoms with Crippen LogP contribution in [0.1, 0.15) is 94.4 Å². The van der Waals surface area contributed by atoms with Gasteiger partial charge in [0.2, 0.25) is 0 Å². The van der Waals surface area contributed by atoms with Crippen LogP contribution in [0.25, 0.3) is 0 Å². The lowest BCUT2D eigenvalue weighted by atomic mass is 9.97. The summed E-state index contributed by atoms with van der Waals surface area (Å²) >= 11 is 0. The SMILES string of the molecule is CCOC(=O)C[C@H](CCCCCCCCCc1ccccc1)N(Cc1ccccc1)[C@@H](C)c1ccccc1. The van der Waals surface area contributed by atoms with Crippen LogP contribution in [0.5, 0.6) is 0 Å². The molecule has 204 valence electrons. The van der Waals surface area contributed by atoms with Crippen LogP contribution in [0.2, 0.25) is 0 Å². The minimum absolute atomic E-state index is 0.0887. The minimum atomic E-state index is -0.0887. The van der Waals surface area contributed by atoms with E-state index in [9.17, 15) is 4.79 Å². The van der Waals surface area contributed by atoms with Gasteiger partial charge < -0.3 is 4.74 Å². The number of hydrogen-bond acceptors (Lipinski definition) is 3. The summed E-state index contributed by atoms with van der Waals surface area (Å²) in [4.78, 5) is 15.2. The zero-order chi connectivity index (χ0) is 26.8. The first-order chi connectivity index (χ1) is 18.7. The summed E-state index contributed by atoms with van der Waals surface area (Å²) in [6.07, 6.45) is 11.5. The van der Waals surface area contributed by atoms with Crippen molar-refractivity contribution in [3.63, 3.8) is 0 Å². The van der Waals surface area contributed by atoms with Gasteiger partial charge in [-0.3, -0.25) is 9.69 Å². The van der Waals surface area contributed by atoms with Crippen molar-refractivity contribution in [1.29, 1.82) is 0 Å². The Morgan fingerprint density at radius 2 is 1.24 bits per heavy atom. The van der Waals surface area contributed by atoms with Crippen molar-refractivity contribution in [1.82, 2.24) is 4.90 Å². The molecule has 3 rings (SSSR count). The first-order valence-electron chi connectivity index (χ1n) is 14.7.